The van der Waals surface area contributed by atoms with Crippen LogP contribution in [0.15, 0.2) is 42.5 Å². The number of rotatable bonds is 7. The molecule has 0 aliphatic heterocycles. The van der Waals surface area contributed by atoms with Crippen molar-refractivity contribution in [2.45, 2.75) is 33.6 Å². The lowest BCUT2D eigenvalue weighted by atomic mass is 10.1. The SMILES string of the molecule is Cc1ccccc1N(CCCC(=O)Nc1c(C)cccc1C)S(C)(=O)=O. The molecule has 0 radical (unpaired) electrons. The molecule has 2 aromatic rings. The molecule has 0 aromatic heterocycles. The molecule has 0 saturated carbocycles. The summed E-state index contributed by atoms with van der Waals surface area (Å²) in [6.45, 7) is 6.05. The highest BCUT2D eigenvalue weighted by molar-refractivity contribution is 7.92. The minimum atomic E-state index is -3.41. The minimum absolute atomic E-state index is 0.111. The number of carbonyl (C=O) groups is 1. The smallest absolute Gasteiger partial charge is 0.232 e. The number of carbonyl (C=O) groups excluding carboxylic acids is 1. The maximum Gasteiger partial charge on any atom is 0.232 e. The number of aryl methyl sites for hydroxylation is 3. The van der Waals surface area contributed by atoms with Gasteiger partial charge in [-0.15, -0.1) is 0 Å². The molecule has 0 unspecified atom stereocenters. The summed E-state index contributed by atoms with van der Waals surface area (Å²) in [7, 11) is -3.41. The normalized spacial score (nSPS) is 11.2. The van der Waals surface area contributed by atoms with Gasteiger partial charge in [-0.1, -0.05) is 36.4 Å². The molecule has 0 atom stereocenters. The average molecular weight is 375 g/mol. The van der Waals surface area contributed by atoms with Crippen molar-refractivity contribution in [1.82, 2.24) is 0 Å². The van der Waals surface area contributed by atoms with Gasteiger partial charge in [0.25, 0.3) is 0 Å². The number of hydrogen-bond donors (Lipinski definition) is 1. The number of para-hydroxylation sites is 2. The summed E-state index contributed by atoms with van der Waals surface area (Å²) in [5.74, 6) is -0.111. The van der Waals surface area contributed by atoms with Gasteiger partial charge >= 0.3 is 0 Å². The number of nitrogens with zero attached hydrogens (tertiary/aromatic N) is 1. The van der Waals surface area contributed by atoms with Crippen molar-refractivity contribution in [2.24, 2.45) is 0 Å². The van der Waals surface area contributed by atoms with E-state index in [-0.39, 0.29) is 18.9 Å². The average Bonchev–Trinajstić information content (AvgIpc) is 2.55. The summed E-state index contributed by atoms with van der Waals surface area (Å²) in [4.78, 5) is 12.3. The summed E-state index contributed by atoms with van der Waals surface area (Å²) < 4.78 is 25.7. The minimum Gasteiger partial charge on any atom is -0.326 e. The van der Waals surface area contributed by atoms with Gasteiger partial charge in [-0.25, -0.2) is 8.42 Å². The summed E-state index contributed by atoms with van der Waals surface area (Å²) in [6.07, 6.45) is 1.89. The Hall–Kier alpha value is -2.34. The zero-order valence-corrected chi connectivity index (χ0v) is 16.6. The summed E-state index contributed by atoms with van der Waals surface area (Å²) in [6, 6.07) is 13.2. The number of anilines is 2. The lowest BCUT2D eigenvalue weighted by Crippen LogP contribution is -2.32. The van der Waals surface area contributed by atoms with Crippen molar-refractivity contribution < 1.29 is 13.2 Å². The number of amides is 1. The summed E-state index contributed by atoms with van der Waals surface area (Å²) in [5.41, 5.74) is 4.39. The molecule has 2 aromatic carbocycles. The first kappa shape index (κ1) is 20.0. The zero-order valence-electron chi connectivity index (χ0n) is 15.7. The van der Waals surface area contributed by atoms with E-state index in [1.807, 2.05) is 57.2 Å². The monoisotopic (exact) mass is 374 g/mol. The van der Waals surface area contributed by atoms with Crippen molar-refractivity contribution in [1.29, 1.82) is 0 Å². The quantitative estimate of drug-likeness (QED) is 0.802. The third-order valence-electron chi connectivity index (χ3n) is 4.30. The molecule has 2 rings (SSSR count). The Morgan fingerprint density at radius 2 is 1.54 bits per heavy atom. The van der Waals surface area contributed by atoms with Crippen LogP contribution in [-0.4, -0.2) is 27.1 Å². The molecule has 0 saturated heterocycles. The van der Waals surface area contributed by atoms with Crippen LogP contribution in [0, 0.1) is 20.8 Å². The van der Waals surface area contributed by atoms with E-state index in [0.717, 1.165) is 22.4 Å². The fraction of sp³-hybridized carbons (Fsp3) is 0.350. The Morgan fingerprint density at radius 1 is 0.962 bits per heavy atom. The Balaban J connectivity index is 2.02. The standard InChI is InChI=1S/C20H26N2O3S/c1-15-9-5-6-12-18(15)22(26(4,24)25)14-8-13-19(23)21-20-16(2)10-7-11-17(20)3/h5-7,9-12H,8,13-14H2,1-4H3,(H,21,23). The van der Waals surface area contributed by atoms with Crippen LogP contribution in [-0.2, 0) is 14.8 Å². The van der Waals surface area contributed by atoms with E-state index in [4.69, 9.17) is 0 Å². The van der Waals surface area contributed by atoms with Crippen LogP contribution in [0.25, 0.3) is 0 Å². The van der Waals surface area contributed by atoms with Crippen molar-refractivity contribution >= 4 is 27.3 Å². The van der Waals surface area contributed by atoms with Gasteiger partial charge in [0.2, 0.25) is 15.9 Å². The van der Waals surface area contributed by atoms with E-state index in [1.165, 1.54) is 10.6 Å². The number of hydrogen-bond acceptors (Lipinski definition) is 3. The van der Waals surface area contributed by atoms with Gasteiger partial charge in [0.15, 0.2) is 0 Å². The Morgan fingerprint density at radius 3 is 2.12 bits per heavy atom. The summed E-state index contributed by atoms with van der Waals surface area (Å²) in [5, 5.41) is 2.94. The Labute approximate surface area is 156 Å². The zero-order chi connectivity index (χ0) is 19.3. The lowest BCUT2D eigenvalue weighted by Gasteiger charge is -2.24. The van der Waals surface area contributed by atoms with Crippen molar-refractivity contribution in [2.75, 3.05) is 22.4 Å². The van der Waals surface area contributed by atoms with Gasteiger partial charge in [0.05, 0.1) is 11.9 Å². The van der Waals surface area contributed by atoms with E-state index in [0.29, 0.717) is 12.1 Å². The van der Waals surface area contributed by atoms with Gasteiger partial charge in [0.1, 0.15) is 0 Å². The fourth-order valence-electron chi connectivity index (χ4n) is 2.90. The number of nitrogens with one attached hydrogen (secondary N) is 1. The lowest BCUT2D eigenvalue weighted by molar-refractivity contribution is -0.116. The molecule has 0 aliphatic rings. The first-order valence-electron chi connectivity index (χ1n) is 8.59. The molecule has 1 N–H and O–H groups in total. The van der Waals surface area contributed by atoms with Crippen LogP contribution in [0.3, 0.4) is 0 Å². The van der Waals surface area contributed by atoms with E-state index in [2.05, 4.69) is 5.32 Å². The molecule has 0 spiro atoms. The van der Waals surface area contributed by atoms with Crippen molar-refractivity contribution in [3.05, 3.63) is 59.2 Å². The predicted molar refractivity (Wildman–Crippen MR) is 107 cm³/mol. The molecule has 0 bridgehead atoms. The number of sulfonamides is 1. The highest BCUT2D eigenvalue weighted by Gasteiger charge is 2.19. The molecule has 26 heavy (non-hydrogen) atoms. The molecular formula is C20H26N2O3S. The van der Waals surface area contributed by atoms with E-state index >= 15 is 0 Å². The van der Waals surface area contributed by atoms with Crippen molar-refractivity contribution in [3.63, 3.8) is 0 Å². The first-order chi connectivity index (χ1) is 12.2. The Bertz CT molecular complexity index is 871. The topological polar surface area (TPSA) is 66.5 Å². The second-order valence-electron chi connectivity index (χ2n) is 6.54. The third kappa shape index (κ3) is 5.08. The van der Waals surface area contributed by atoms with Gasteiger partial charge in [0, 0.05) is 18.7 Å². The number of benzene rings is 2. The molecule has 0 heterocycles. The summed E-state index contributed by atoms with van der Waals surface area (Å²) >= 11 is 0. The molecule has 6 heteroatoms. The van der Waals surface area contributed by atoms with E-state index < -0.39 is 10.0 Å². The van der Waals surface area contributed by atoms with Crippen molar-refractivity contribution in [3.8, 4) is 0 Å². The van der Waals surface area contributed by atoms with Gasteiger partial charge in [-0.05, 0) is 49.9 Å². The van der Waals surface area contributed by atoms with Gasteiger partial charge in [-0.3, -0.25) is 9.10 Å². The van der Waals surface area contributed by atoms with Crippen LogP contribution in [0.4, 0.5) is 11.4 Å². The van der Waals surface area contributed by atoms with Crippen LogP contribution in [0.5, 0.6) is 0 Å². The first-order valence-corrected chi connectivity index (χ1v) is 10.4. The third-order valence-corrected chi connectivity index (χ3v) is 5.47. The van der Waals surface area contributed by atoms with Crippen LogP contribution >= 0.6 is 0 Å². The second-order valence-corrected chi connectivity index (χ2v) is 8.45. The molecular weight excluding hydrogens is 348 g/mol. The maximum absolute atomic E-state index is 12.3. The highest BCUT2D eigenvalue weighted by Crippen LogP contribution is 2.23. The van der Waals surface area contributed by atoms with Gasteiger partial charge < -0.3 is 5.32 Å². The van der Waals surface area contributed by atoms with Crippen LogP contribution in [0.1, 0.15) is 29.5 Å². The Kier molecular flexibility index (Phi) is 6.42. The molecule has 140 valence electrons. The highest BCUT2D eigenvalue weighted by atomic mass is 32.2. The molecule has 0 fully saturated rings. The van der Waals surface area contributed by atoms with Crippen LogP contribution in [0.2, 0.25) is 0 Å². The van der Waals surface area contributed by atoms with Gasteiger partial charge in [-0.2, -0.15) is 0 Å². The maximum atomic E-state index is 12.3. The van der Waals surface area contributed by atoms with E-state index in [9.17, 15) is 13.2 Å². The molecule has 5 nitrogen and oxygen atoms in total. The van der Waals surface area contributed by atoms with Crippen LogP contribution < -0.4 is 9.62 Å². The molecule has 1 amide bonds. The predicted octanol–water partition coefficient (Wildman–Crippen LogP) is 3.80. The second kappa shape index (κ2) is 8.36. The fourth-order valence-corrected chi connectivity index (χ4v) is 3.93. The molecule has 0 aliphatic carbocycles. The largest absolute Gasteiger partial charge is 0.326 e. The van der Waals surface area contributed by atoms with E-state index in [1.54, 1.807) is 6.07 Å².